The number of nitrogens with two attached hydrogens (primary N) is 1. The Bertz CT molecular complexity index is 1850. The van der Waals surface area contributed by atoms with Crippen LogP contribution in [0.3, 0.4) is 0 Å². The Balaban J connectivity index is 1.68. The first-order valence-electron chi connectivity index (χ1n) is 14.7. The van der Waals surface area contributed by atoms with Crippen LogP contribution in [0, 0.1) is 18.6 Å². The minimum absolute atomic E-state index is 0.0773. The monoisotopic (exact) mass is 595 g/mol. The van der Waals surface area contributed by atoms with Crippen molar-refractivity contribution in [3.63, 3.8) is 0 Å². The van der Waals surface area contributed by atoms with Gasteiger partial charge in [-0.3, -0.25) is 9.36 Å². The predicted molar refractivity (Wildman–Crippen MR) is 173 cm³/mol. The average Bonchev–Trinajstić information content (AvgIpc) is 3.02. The number of benzene rings is 3. The molecule has 10 heteroatoms. The molecule has 0 saturated heterocycles. The van der Waals surface area contributed by atoms with E-state index in [1.165, 1.54) is 12.1 Å². The molecule has 0 amide bonds. The van der Waals surface area contributed by atoms with E-state index in [1.54, 1.807) is 6.07 Å². The molecule has 0 fully saturated rings. The number of nitrogens with one attached hydrogen (secondary N) is 1. The van der Waals surface area contributed by atoms with Gasteiger partial charge in [-0.1, -0.05) is 56.3 Å². The SMILES string of the molecule is CCN(CC)CCCNc1nc(-c2cccc(C(N)=Nc3ccccc3)c2C)c2ccc(=O)n(-c3c(F)cccc3F)c2n1. The van der Waals surface area contributed by atoms with Gasteiger partial charge >= 0.3 is 0 Å². The first-order valence-corrected chi connectivity index (χ1v) is 14.7. The third-order valence-corrected chi connectivity index (χ3v) is 7.61. The normalized spacial score (nSPS) is 11.8. The van der Waals surface area contributed by atoms with Crippen molar-refractivity contribution in [1.82, 2.24) is 19.4 Å². The summed E-state index contributed by atoms with van der Waals surface area (Å²) >= 11 is 0. The fraction of sp³-hybridized carbons (Fsp3) is 0.235. The van der Waals surface area contributed by atoms with Gasteiger partial charge in [-0.2, -0.15) is 4.98 Å². The van der Waals surface area contributed by atoms with E-state index in [1.807, 2.05) is 55.5 Å². The molecule has 0 radical (unpaired) electrons. The number of rotatable bonds is 11. The molecule has 0 bridgehead atoms. The number of para-hydroxylation sites is 2. The van der Waals surface area contributed by atoms with Gasteiger partial charge in [0.25, 0.3) is 5.56 Å². The highest BCUT2D eigenvalue weighted by Gasteiger charge is 2.21. The zero-order valence-corrected chi connectivity index (χ0v) is 25.0. The Morgan fingerprint density at radius 1 is 0.932 bits per heavy atom. The van der Waals surface area contributed by atoms with Crippen LogP contribution < -0.4 is 16.6 Å². The predicted octanol–water partition coefficient (Wildman–Crippen LogP) is 6.22. The summed E-state index contributed by atoms with van der Waals surface area (Å²) < 4.78 is 31.1. The molecule has 0 aliphatic rings. The summed E-state index contributed by atoms with van der Waals surface area (Å²) in [6.07, 6.45) is 0.822. The van der Waals surface area contributed by atoms with Crippen LogP contribution in [0.2, 0.25) is 0 Å². The van der Waals surface area contributed by atoms with Crippen LogP contribution in [0.4, 0.5) is 20.4 Å². The third kappa shape index (κ3) is 6.35. The highest BCUT2D eigenvalue weighted by molar-refractivity contribution is 6.03. The molecular formula is C34H35F2N7O. The molecule has 2 aromatic heterocycles. The molecule has 0 atom stereocenters. The molecule has 0 spiro atoms. The average molecular weight is 596 g/mol. The molecule has 8 nitrogen and oxygen atoms in total. The summed E-state index contributed by atoms with van der Waals surface area (Å²) in [6.45, 7) is 9.47. The molecule has 2 heterocycles. The van der Waals surface area contributed by atoms with Gasteiger partial charge in [-0.15, -0.1) is 0 Å². The van der Waals surface area contributed by atoms with Crippen molar-refractivity contribution in [2.45, 2.75) is 27.2 Å². The van der Waals surface area contributed by atoms with Gasteiger partial charge in [-0.25, -0.2) is 18.8 Å². The molecule has 0 aliphatic carbocycles. The maximum absolute atomic E-state index is 15.1. The van der Waals surface area contributed by atoms with Crippen molar-refractivity contribution in [2.24, 2.45) is 10.7 Å². The molecule has 226 valence electrons. The number of halogens is 2. The third-order valence-electron chi connectivity index (χ3n) is 7.61. The van der Waals surface area contributed by atoms with Gasteiger partial charge in [0.05, 0.1) is 11.4 Å². The molecule has 44 heavy (non-hydrogen) atoms. The number of fused-ring (bicyclic) bond motifs is 1. The zero-order chi connectivity index (χ0) is 31.2. The van der Waals surface area contributed by atoms with Crippen molar-refractivity contribution in [3.05, 3.63) is 112 Å². The van der Waals surface area contributed by atoms with Crippen LogP contribution in [-0.2, 0) is 0 Å². The van der Waals surface area contributed by atoms with Crippen LogP contribution >= 0.6 is 0 Å². The Labute approximate surface area is 254 Å². The van der Waals surface area contributed by atoms with Gasteiger partial charge in [-0.05, 0) is 68.9 Å². The Kier molecular flexibility index (Phi) is 9.40. The molecule has 3 aromatic carbocycles. The van der Waals surface area contributed by atoms with Crippen LogP contribution in [0.1, 0.15) is 31.4 Å². The number of nitrogens with zero attached hydrogens (tertiary/aromatic N) is 5. The van der Waals surface area contributed by atoms with Gasteiger partial charge in [0.1, 0.15) is 23.2 Å². The van der Waals surface area contributed by atoms with Gasteiger partial charge in [0.15, 0.2) is 5.65 Å². The lowest BCUT2D eigenvalue weighted by Gasteiger charge is -2.19. The minimum Gasteiger partial charge on any atom is -0.383 e. The first kappa shape index (κ1) is 30.5. The first-order chi connectivity index (χ1) is 21.3. The second-order valence-electron chi connectivity index (χ2n) is 10.3. The van der Waals surface area contributed by atoms with Crippen LogP contribution in [-0.4, -0.2) is 51.4 Å². The number of anilines is 1. The number of hydrogen-bond donors (Lipinski definition) is 2. The Morgan fingerprint density at radius 2 is 1.64 bits per heavy atom. The zero-order valence-electron chi connectivity index (χ0n) is 25.0. The standard InChI is InChI=1S/C34H35F2N7O/c1-4-42(5-2)21-11-20-38-34-40-30(24-14-9-15-25(22(24)3)32(37)39-23-12-7-6-8-13-23)26-18-19-29(44)43(33(26)41-34)31-27(35)16-10-17-28(31)36/h6-10,12-19H,4-5,11,20-21H2,1-3H3,(H2,37,39)(H,38,40,41). The molecule has 0 aliphatic heterocycles. The lowest BCUT2D eigenvalue weighted by molar-refractivity contribution is 0.303. The minimum atomic E-state index is -0.878. The Hall–Kier alpha value is -4.96. The van der Waals surface area contributed by atoms with Gasteiger partial charge in [0, 0.05) is 29.1 Å². The van der Waals surface area contributed by atoms with Crippen LogP contribution in [0.15, 0.2) is 88.6 Å². The van der Waals surface area contributed by atoms with Crippen molar-refractivity contribution in [3.8, 4) is 16.9 Å². The molecule has 5 aromatic rings. The topological polar surface area (TPSA) is 101 Å². The van der Waals surface area contributed by atoms with E-state index in [0.29, 0.717) is 34.6 Å². The quantitative estimate of drug-likeness (QED) is 0.107. The fourth-order valence-corrected chi connectivity index (χ4v) is 5.23. The summed E-state index contributed by atoms with van der Waals surface area (Å²) in [5.74, 6) is -1.19. The summed E-state index contributed by atoms with van der Waals surface area (Å²) in [6, 6.07) is 21.3. The molecule has 0 unspecified atom stereocenters. The second-order valence-corrected chi connectivity index (χ2v) is 10.3. The summed E-state index contributed by atoms with van der Waals surface area (Å²) in [4.78, 5) is 29.6. The largest absolute Gasteiger partial charge is 0.383 e. The molecule has 3 N–H and O–H groups in total. The summed E-state index contributed by atoms with van der Waals surface area (Å²) in [5.41, 5.74) is 8.85. The number of amidine groups is 1. The van der Waals surface area contributed by atoms with Crippen LogP contribution in [0.5, 0.6) is 0 Å². The van der Waals surface area contributed by atoms with Crippen LogP contribution in [0.25, 0.3) is 28.0 Å². The van der Waals surface area contributed by atoms with E-state index in [-0.39, 0.29) is 11.6 Å². The van der Waals surface area contributed by atoms with E-state index in [0.717, 1.165) is 54.0 Å². The Morgan fingerprint density at radius 3 is 2.34 bits per heavy atom. The summed E-state index contributed by atoms with van der Waals surface area (Å²) in [5, 5.41) is 3.71. The van der Waals surface area contributed by atoms with E-state index >= 15 is 8.78 Å². The second kappa shape index (κ2) is 13.6. The number of pyridine rings is 1. The maximum atomic E-state index is 15.1. The van der Waals surface area contributed by atoms with E-state index < -0.39 is 22.9 Å². The molecular weight excluding hydrogens is 560 g/mol. The summed E-state index contributed by atoms with van der Waals surface area (Å²) in [7, 11) is 0. The maximum Gasteiger partial charge on any atom is 0.256 e. The molecule has 0 saturated carbocycles. The van der Waals surface area contributed by atoms with E-state index in [9.17, 15) is 4.79 Å². The number of hydrogen-bond acceptors (Lipinski definition) is 6. The smallest absolute Gasteiger partial charge is 0.256 e. The lowest BCUT2D eigenvalue weighted by atomic mass is 9.97. The van der Waals surface area contributed by atoms with Crippen molar-refractivity contribution in [1.29, 1.82) is 0 Å². The molecule has 5 rings (SSSR count). The number of aliphatic imine (C=N–C) groups is 1. The van der Waals surface area contributed by atoms with Gasteiger partial charge in [0.2, 0.25) is 5.95 Å². The van der Waals surface area contributed by atoms with Crippen molar-refractivity contribution >= 4 is 28.5 Å². The fourth-order valence-electron chi connectivity index (χ4n) is 5.23. The number of aromatic nitrogens is 3. The van der Waals surface area contributed by atoms with E-state index in [2.05, 4.69) is 34.0 Å². The highest BCUT2D eigenvalue weighted by atomic mass is 19.1. The van der Waals surface area contributed by atoms with Gasteiger partial charge < -0.3 is 16.0 Å². The van der Waals surface area contributed by atoms with Crippen molar-refractivity contribution < 1.29 is 8.78 Å². The lowest BCUT2D eigenvalue weighted by Crippen LogP contribution is -2.25. The van der Waals surface area contributed by atoms with Crippen molar-refractivity contribution in [2.75, 3.05) is 31.5 Å². The highest BCUT2D eigenvalue weighted by Crippen LogP contribution is 2.32. The van der Waals surface area contributed by atoms with E-state index in [4.69, 9.17) is 10.7 Å².